The van der Waals surface area contributed by atoms with Crippen molar-refractivity contribution in [2.45, 2.75) is 32.6 Å². The summed E-state index contributed by atoms with van der Waals surface area (Å²) in [6, 6.07) is 0. The summed E-state index contributed by atoms with van der Waals surface area (Å²) >= 11 is 0. The van der Waals surface area contributed by atoms with Gasteiger partial charge in [0, 0.05) is 0 Å². The van der Waals surface area contributed by atoms with Crippen LogP contribution in [0, 0.1) is 40.4 Å². The van der Waals surface area contributed by atoms with E-state index in [2.05, 4.69) is 13.2 Å². The standard InChI is InChI=1S/C24H32O8/c1-12(2)14-11-24(21(27)31-6,22(28)32-7)16-9-8-15-17(18(14)16)13(3)10-23(15,19(25)29-4)20(26)30-5/h14-18H,1,3,8-11H2,2,4-7H3/t14-,15+,16-,17+,18-/m0/s1. The minimum atomic E-state index is -1.49. The fourth-order valence-corrected chi connectivity index (χ4v) is 7.02. The highest BCUT2D eigenvalue weighted by Gasteiger charge is 2.72. The molecular weight excluding hydrogens is 416 g/mol. The molecule has 8 heteroatoms. The predicted octanol–water partition coefficient (Wildman–Crippen LogP) is 2.47. The topological polar surface area (TPSA) is 105 Å². The van der Waals surface area contributed by atoms with Gasteiger partial charge in [0.1, 0.15) is 0 Å². The van der Waals surface area contributed by atoms with Crippen LogP contribution in [-0.4, -0.2) is 52.3 Å². The molecule has 0 unspecified atom stereocenters. The molecule has 0 spiro atoms. The van der Waals surface area contributed by atoms with Gasteiger partial charge in [-0.15, -0.1) is 0 Å². The van der Waals surface area contributed by atoms with Crippen LogP contribution >= 0.6 is 0 Å². The Balaban J connectivity index is 2.18. The average molecular weight is 449 g/mol. The zero-order valence-electron chi connectivity index (χ0n) is 19.4. The van der Waals surface area contributed by atoms with Crippen LogP contribution in [0.1, 0.15) is 32.6 Å². The van der Waals surface area contributed by atoms with E-state index in [0.29, 0.717) is 12.8 Å². The van der Waals surface area contributed by atoms with E-state index >= 15 is 0 Å². The van der Waals surface area contributed by atoms with Gasteiger partial charge in [0.05, 0.1) is 28.4 Å². The SMILES string of the molecule is C=C1CC(C(=O)OC)(C(=O)OC)[C@@H]2CC[C@H]3[C@@H]([C@H]12)[C@H](C(=C)C)CC3(C(=O)OC)C(=O)OC. The van der Waals surface area contributed by atoms with Crippen LogP contribution in [0.15, 0.2) is 24.3 Å². The van der Waals surface area contributed by atoms with Crippen molar-refractivity contribution < 1.29 is 38.1 Å². The summed E-state index contributed by atoms with van der Waals surface area (Å²) in [7, 11) is 5.02. The highest BCUT2D eigenvalue weighted by Crippen LogP contribution is 2.68. The van der Waals surface area contributed by atoms with E-state index in [9.17, 15) is 19.2 Å². The maximum Gasteiger partial charge on any atom is 0.323 e. The van der Waals surface area contributed by atoms with Gasteiger partial charge in [-0.2, -0.15) is 0 Å². The number of ether oxygens (including phenoxy) is 4. The Kier molecular flexibility index (Phi) is 6.28. The predicted molar refractivity (Wildman–Crippen MR) is 113 cm³/mol. The van der Waals surface area contributed by atoms with Crippen molar-refractivity contribution in [2.75, 3.05) is 28.4 Å². The van der Waals surface area contributed by atoms with Crippen LogP contribution < -0.4 is 0 Å². The van der Waals surface area contributed by atoms with Crippen LogP contribution in [-0.2, 0) is 38.1 Å². The smallest absolute Gasteiger partial charge is 0.323 e. The second kappa shape index (κ2) is 8.37. The first-order chi connectivity index (χ1) is 15.1. The molecule has 3 aliphatic carbocycles. The Morgan fingerprint density at radius 3 is 1.69 bits per heavy atom. The van der Waals surface area contributed by atoms with E-state index in [4.69, 9.17) is 18.9 Å². The molecule has 0 heterocycles. The molecular formula is C24H32O8. The van der Waals surface area contributed by atoms with Crippen molar-refractivity contribution in [1.82, 2.24) is 0 Å². The molecule has 0 bridgehead atoms. The van der Waals surface area contributed by atoms with Crippen LogP contribution in [0.4, 0.5) is 0 Å². The van der Waals surface area contributed by atoms with E-state index < -0.39 is 46.5 Å². The normalized spacial score (nSPS) is 31.7. The molecule has 3 aliphatic rings. The second-order valence-corrected chi connectivity index (χ2v) is 9.29. The minimum Gasteiger partial charge on any atom is -0.468 e. The number of allylic oxidation sites excluding steroid dienone is 2. The van der Waals surface area contributed by atoms with Crippen molar-refractivity contribution in [2.24, 2.45) is 40.4 Å². The maximum atomic E-state index is 13.0. The highest BCUT2D eigenvalue weighted by molar-refractivity contribution is 6.02. The first-order valence-electron chi connectivity index (χ1n) is 10.7. The molecule has 0 aromatic carbocycles. The molecule has 3 saturated carbocycles. The molecule has 0 radical (unpaired) electrons. The molecule has 0 N–H and O–H groups in total. The van der Waals surface area contributed by atoms with Gasteiger partial charge in [-0.3, -0.25) is 19.2 Å². The molecule has 8 nitrogen and oxygen atoms in total. The number of fused-ring (bicyclic) bond motifs is 3. The first-order valence-corrected chi connectivity index (χ1v) is 10.7. The highest BCUT2D eigenvalue weighted by atomic mass is 16.6. The summed E-state index contributed by atoms with van der Waals surface area (Å²) in [5, 5.41) is 0. The summed E-state index contributed by atoms with van der Waals surface area (Å²) in [6.45, 7) is 10.2. The Hall–Kier alpha value is -2.64. The molecule has 0 amide bonds. The van der Waals surface area contributed by atoms with E-state index in [1.807, 2.05) is 6.92 Å². The lowest BCUT2D eigenvalue weighted by Crippen LogP contribution is -2.51. The van der Waals surface area contributed by atoms with E-state index in [1.165, 1.54) is 28.4 Å². The first kappa shape index (κ1) is 24.0. The van der Waals surface area contributed by atoms with Crippen LogP contribution in [0.25, 0.3) is 0 Å². The van der Waals surface area contributed by atoms with E-state index in [1.54, 1.807) is 0 Å². The number of hydrogen-bond donors (Lipinski definition) is 0. The Morgan fingerprint density at radius 2 is 1.25 bits per heavy atom. The maximum absolute atomic E-state index is 13.0. The summed E-state index contributed by atoms with van der Waals surface area (Å²) in [6.07, 6.45) is 1.17. The van der Waals surface area contributed by atoms with Gasteiger partial charge in [0.15, 0.2) is 10.8 Å². The average Bonchev–Trinajstić information content (AvgIpc) is 3.31. The number of carbonyl (C=O) groups excluding carboxylic acids is 4. The lowest BCUT2D eigenvalue weighted by atomic mass is 9.58. The number of carbonyl (C=O) groups is 4. The molecule has 3 rings (SSSR count). The van der Waals surface area contributed by atoms with Crippen molar-refractivity contribution >= 4 is 23.9 Å². The third kappa shape index (κ3) is 2.94. The lowest BCUT2D eigenvalue weighted by molar-refractivity contribution is -0.179. The Bertz CT molecular complexity index is 839. The lowest BCUT2D eigenvalue weighted by Gasteiger charge is -2.45. The quantitative estimate of drug-likeness (QED) is 0.273. The molecule has 32 heavy (non-hydrogen) atoms. The van der Waals surface area contributed by atoms with Crippen LogP contribution in [0.5, 0.6) is 0 Å². The van der Waals surface area contributed by atoms with Crippen LogP contribution in [0.3, 0.4) is 0 Å². The number of esters is 4. The third-order valence-electron chi connectivity index (χ3n) is 8.18. The molecule has 3 fully saturated rings. The van der Waals surface area contributed by atoms with Crippen molar-refractivity contribution in [3.05, 3.63) is 24.3 Å². The number of hydrogen-bond acceptors (Lipinski definition) is 8. The minimum absolute atomic E-state index is 0.108. The van der Waals surface area contributed by atoms with Gasteiger partial charge in [-0.05, 0) is 62.2 Å². The van der Waals surface area contributed by atoms with Crippen molar-refractivity contribution in [1.29, 1.82) is 0 Å². The van der Waals surface area contributed by atoms with Gasteiger partial charge >= 0.3 is 23.9 Å². The second-order valence-electron chi connectivity index (χ2n) is 9.29. The molecule has 176 valence electrons. The fourth-order valence-electron chi connectivity index (χ4n) is 7.02. The Labute approximate surface area is 188 Å². The Morgan fingerprint density at radius 1 is 0.812 bits per heavy atom. The summed E-state index contributed by atoms with van der Waals surface area (Å²) in [5.41, 5.74) is -1.42. The molecule has 0 saturated heterocycles. The molecule has 0 aromatic heterocycles. The third-order valence-corrected chi connectivity index (χ3v) is 8.18. The number of methoxy groups -OCH3 is 4. The zero-order chi connectivity index (χ0) is 24.0. The molecule has 0 aromatic rings. The molecule has 5 atom stereocenters. The number of rotatable bonds is 5. The van der Waals surface area contributed by atoms with Crippen LogP contribution in [0.2, 0.25) is 0 Å². The monoisotopic (exact) mass is 448 g/mol. The van der Waals surface area contributed by atoms with E-state index in [0.717, 1.165) is 11.1 Å². The van der Waals surface area contributed by atoms with E-state index in [-0.39, 0.29) is 30.6 Å². The van der Waals surface area contributed by atoms with Gasteiger partial charge in [0.25, 0.3) is 0 Å². The summed E-state index contributed by atoms with van der Waals surface area (Å²) < 4.78 is 20.3. The zero-order valence-corrected chi connectivity index (χ0v) is 19.4. The van der Waals surface area contributed by atoms with Gasteiger partial charge in [-0.25, -0.2) is 0 Å². The summed E-state index contributed by atoms with van der Waals surface area (Å²) in [5.74, 6) is -4.08. The fraction of sp³-hybridized carbons (Fsp3) is 0.667. The largest absolute Gasteiger partial charge is 0.468 e. The van der Waals surface area contributed by atoms with Gasteiger partial charge < -0.3 is 18.9 Å². The van der Waals surface area contributed by atoms with Crippen molar-refractivity contribution in [3.63, 3.8) is 0 Å². The van der Waals surface area contributed by atoms with Gasteiger partial charge in [0.2, 0.25) is 0 Å². The summed E-state index contributed by atoms with van der Waals surface area (Å²) in [4.78, 5) is 52.0. The van der Waals surface area contributed by atoms with Crippen molar-refractivity contribution in [3.8, 4) is 0 Å². The van der Waals surface area contributed by atoms with Gasteiger partial charge in [-0.1, -0.05) is 24.3 Å². The molecule has 0 aliphatic heterocycles.